The van der Waals surface area contributed by atoms with Crippen molar-refractivity contribution < 1.29 is 26.0 Å². The summed E-state index contributed by atoms with van der Waals surface area (Å²) < 4.78 is 79.5. The second kappa shape index (κ2) is 4.78. The van der Waals surface area contributed by atoms with E-state index in [1.165, 1.54) is 18.2 Å². The molecule has 2 aliphatic rings. The van der Waals surface area contributed by atoms with Gasteiger partial charge in [0.05, 0.1) is 6.04 Å². The molecule has 1 aliphatic heterocycles. The first kappa shape index (κ1) is 15.6. The number of nitrogens with zero attached hydrogens (tertiary/aromatic N) is 3. The molecule has 3 atom stereocenters. The lowest BCUT2D eigenvalue weighted by Gasteiger charge is -2.12. The number of alkyl halides is 3. The molecule has 1 fully saturated rings. The molecule has 2 aromatic rings. The van der Waals surface area contributed by atoms with Gasteiger partial charge >= 0.3 is 0 Å². The maximum atomic E-state index is 14.2. The van der Waals surface area contributed by atoms with Gasteiger partial charge < -0.3 is 0 Å². The molecule has 1 aromatic carbocycles. The zero-order valence-corrected chi connectivity index (χ0v) is 12.9. The molecule has 3 unspecified atom stereocenters. The average molecular weight is 361 g/mol. The van der Waals surface area contributed by atoms with E-state index in [1.54, 1.807) is 6.07 Å². The zero-order chi connectivity index (χ0) is 17.3. The Morgan fingerprint density at radius 1 is 1.25 bits per heavy atom. The molecule has 0 N–H and O–H groups in total. The fourth-order valence-corrected chi connectivity index (χ4v) is 4.51. The Hall–Kier alpha value is -1.97. The topological polar surface area (TPSA) is 64.8 Å². The Morgan fingerprint density at radius 2 is 1.92 bits per heavy atom. The Kier molecular flexibility index (Phi) is 3.09. The molecule has 1 aromatic heterocycles. The molecule has 2 heterocycles. The number of aromatic nitrogens is 3. The van der Waals surface area contributed by atoms with E-state index in [-0.39, 0.29) is 17.8 Å². The summed E-state index contributed by atoms with van der Waals surface area (Å²) in [6.45, 7) is 0. The summed E-state index contributed by atoms with van der Waals surface area (Å²) in [6.07, 6.45) is -2.59. The second-order valence-electron chi connectivity index (χ2n) is 5.94. The van der Waals surface area contributed by atoms with Crippen molar-refractivity contribution in [3.63, 3.8) is 0 Å². The van der Waals surface area contributed by atoms with Crippen LogP contribution in [-0.4, -0.2) is 34.4 Å². The highest BCUT2D eigenvalue weighted by atomic mass is 32.2. The van der Waals surface area contributed by atoms with E-state index in [2.05, 4.69) is 10.1 Å². The minimum absolute atomic E-state index is 0.143. The standard InChI is InChI=1S/C14H11F4N3O2S/c15-8-4-2-1-3-7(8)10-5-9(16)12-19-13(20-21(10)12)24(22,23)11-6-14(11,17)18/h1-4,9-11H,5-6H2. The van der Waals surface area contributed by atoms with Crippen molar-refractivity contribution in [2.75, 3.05) is 0 Å². The summed E-state index contributed by atoms with van der Waals surface area (Å²) >= 11 is 0. The SMILES string of the molecule is O=S(=O)(c1nc2n(n1)C(c1ccccc1F)CC2F)C1CC1(F)F. The predicted molar refractivity (Wildman–Crippen MR) is 73.6 cm³/mol. The molecule has 0 radical (unpaired) electrons. The molecular weight excluding hydrogens is 350 g/mol. The number of hydrogen-bond acceptors (Lipinski definition) is 4. The number of fused-ring (bicyclic) bond motifs is 1. The Labute approximate surface area is 134 Å². The van der Waals surface area contributed by atoms with E-state index >= 15 is 0 Å². The van der Waals surface area contributed by atoms with Gasteiger partial charge in [0, 0.05) is 18.4 Å². The van der Waals surface area contributed by atoms with Crippen molar-refractivity contribution in [2.24, 2.45) is 0 Å². The van der Waals surface area contributed by atoms with Crippen LogP contribution in [0.2, 0.25) is 0 Å². The number of hydrogen-bond donors (Lipinski definition) is 0. The van der Waals surface area contributed by atoms with E-state index in [0.29, 0.717) is 0 Å². The highest BCUT2D eigenvalue weighted by Gasteiger charge is 2.66. The van der Waals surface area contributed by atoms with E-state index in [0.717, 1.165) is 4.68 Å². The van der Waals surface area contributed by atoms with Crippen LogP contribution in [0.25, 0.3) is 0 Å². The third-order valence-corrected chi connectivity index (χ3v) is 6.25. The fraction of sp³-hybridized carbons (Fsp3) is 0.429. The van der Waals surface area contributed by atoms with Crippen LogP contribution in [0.1, 0.15) is 36.4 Å². The van der Waals surface area contributed by atoms with E-state index in [4.69, 9.17) is 0 Å². The highest BCUT2D eigenvalue weighted by Crippen LogP contribution is 2.49. The monoisotopic (exact) mass is 361 g/mol. The van der Waals surface area contributed by atoms with Crippen molar-refractivity contribution in [3.8, 4) is 0 Å². The van der Waals surface area contributed by atoms with Crippen LogP contribution < -0.4 is 0 Å². The van der Waals surface area contributed by atoms with Crippen LogP contribution in [0, 0.1) is 5.82 Å². The molecule has 24 heavy (non-hydrogen) atoms. The van der Waals surface area contributed by atoms with E-state index in [9.17, 15) is 26.0 Å². The molecule has 0 amide bonds. The fourth-order valence-electron chi connectivity index (χ4n) is 2.94. The minimum atomic E-state index is -4.44. The van der Waals surface area contributed by atoms with Crippen LogP contribution in [-0.2, 0) is 9.84 Å². The lowest BCUT2D eigenvalue weighted by Crippen LogP contribution is -2.17. The quantitative estimate of drug-likeness (QED) is 0.789. The highest BCUT2D eigenvalue weighted by molar-refractivity contribution is 7.92. The third kappa shape index (κ3) is 2.15. The number of rotatable bonds is 3. The Balaban J connectivity index is 1.76. The maximum Gasteiger partial charge on any atom is 0.267 e. The van der Waals surface area contributed by atoms with Crippen LogP contribution in [0.4, 0.5) is 17.6 Å². The first-order valence-corrected chi connectivity index (χ1v) is 8.73. The summed E-state index contributed by atoms with van der Waals surface area (Å²) in [5.41, 5.74) is 0.143. The molecular formula is C14H11F4N3O2S. The summed E-state index contributed by atoms with van der Waals surface area (Å²) in [7, 11) is -4.44. The molecule has 128 valence electrons. The predicted octanol–water partition coefficient (Wildman–Crippen LogP) is 2.60. The first-order chi connectivity index (χ1) is 11.2. The van der Waals surface area contributed by atoms with Crippen LogP contribution in [0.15, 0.2) is 29.4 Å². The van der Waals surface area contributed by atoms with Gasteiger partial charge in [0.2, 0.25) is 9.84 Å². The van der Waals surface area contributed by atoms with Gasteiger partial charge in [0.25, 0.3) is 11.1 Å². The molecule has 1 saturated carbocycles. The van der Waals surface area contributed by atoms with Crippen molar-refractivity contribution in [1.82, 2.24) is 14.8 Å². The van der Waals surface area contributed by atoms with Crippen LogP contribution in [0.3, 0.4) is 0 Å². The molecule has 4 rings (SSSR count). The van der Waals surface area contributed by atoms with E-state index in [1.807, 2.05) is 0 Å². The molecule has 0 saturated heterocycles. The first-order valence-electron chi connectivity index (χ1n) is 7.18. The van der Waals surface area contributed by atoms with Crippen LogP contribution >= 0.6 is 0 Å². The van der Waals surface area contributed by atoms with Crippen molar-refractivity contribution >= 4 is 9.84 Å². The van der Waals surface area contributed by atoms with Crippen molar-refractivity contribution in [3.05, 3.63) is 41.5 Å². The molecule has 10 heteroatoms. The van der Waals surface area contributed by atoms with Gasteiger partial charge in [-0.1, -0.05) is 18.2 Å². The second-order valence-corrected chi connectivity index (χ2v) is 7.96. The van der Waals surface area contributed by atoms with Gasteiger partial charge in [-0.2, -0.15) is 4.98 Å². The lowest BCUT2D eigenvalue weighted by atomic mass is 10.0. The summed E-state index contributed by atoms with van der Waals surface area (Å²) in [4.78, 5) is 3.61. The zero-order valence-electron chi connectivity index (χ0n) is 12.0. The van der Waals surface area contributed by atoms with Gasteiger partial charge in [-0.3, -0.25) is 0 Å². The van der Waals surface area contributed by atoms with Gasteiger partial charge in [-0.25, -0.2) is 30.7 Å². The summed E-state index contributed by atoms with van der Waals surface area (Å²) in [5, 5.41) is 1.01. The molecule has 0 bridgehead atoms. The summed E-state index contributed by atoms with van der Waals surface area (Å²) in [5.74, 6) is -4.18. The molecule has 5 nitrogen and oxygen atoms in total. The molecule has 1 aliphatic carbocycles. The van der Waals surface area contributed by atoms with Gasteiger partial charge in [0.1, 0.15) is 11.1 Å². The maximum absolute atomic E-state index is 14.2. The normalized spacial score (nSPS) is 27.9. The lowest BCUT2D eigenvalue weighted by molar-refractivity contribution is 0.121. The molecule has 0 spiro atoms. The van der Waals surface area contributed by atoms with Gasteiger partial charge in [-0.15, -0.1) is 5.10 Å². The smallest absolute Gasteiger partial charge is 0.239 e. The van der Waals surface area contributed by atoms with Gasteiger partial charge in [-0.05, 0) is 6.07 Å². The van der Waals surface area contributed by atoms with Crippen LogP contribution in [0.5, 0.6) is 0 Å². The minimum Gasteiger partial charge on any atom is -0.239 e. The Morgan fingerprint density at radius 3 is 2.54 bits per heavy atom. The summed E-state index contributed by atoms with van der Waals surface area (Å²) in [6, 6.07) is 4.79. The van der Waals surface area contributed by atoms with Crippen molar-refractivity contribution in [2.45, 2.75) is 41.4 Å². The number of sulfone groups is 1. The number of benzene rings is 1. The van der Waals surface area contributed by atoms with E-state index < -0.39 is 50.6 Å². The largest absolute Gasteiger partial charge is 0.267 e. The van der Waals surface area contributed by atoms with Crippen molar-refractivity contribution in [1.29, 1.82) is 0 Å². The Bertz CT molecular complexity index is 928. The average Bonchev–Trinajstić information content (AvgIpc) is 2.87. The number of halogens is 4. The third-order valence-electron chi connectivity index (χ3n) is 4.31. The van der Waals surface area contributed by atoms with Gasteiger partial charge in [0.15, 0.2) is 12.0 Å².